The minimum Gasteiger partial charge on any atom is -0.493 e. The highest BCUT2D eigenvalue weighted by Crippen LogP contribution is 2.27. The molecule has 1 N–H and O–H groups in total. The molecule has 1 aromatic carbocycles. The first kappa shape index (κ1) is 15.3. The van der Waals surface area contributed by atoms with Crippen LogP contribution in [0.1, 0.15) is 10.4 Å². The van der Waals surface area contributed by atoms with E-state index in [2.05, 4.69) is 15.3 Å². The third-order valence-electron chi connectivity index (χ3n) is 2.55. The number of rotatable bonds is 4. The Morgan fingerprint density at radius 2 is 1.81 bits per heavy atom. The van der Waals surface area contributed by atoms with Gasteiger partial charge < -0.3 is 14.8 Å². The number of carbonyl (C=O) groups excluding carboxylic acids is 1. The summed E-state index contributed by atoms with van der Waals surface area (Å²) in [5, 5.41) is 2.66. The molecule has 0 saturated carbocycles. The number of hydrogen-bond donors (Lipinski definition) is 1. The highest BCUT2D eigenvalue weighted by Gasteiger charge is 2.12. The Bertz CT molecular complexity index is 659. The smallest absolute Gasteiger partial charge is 0.256 e. The molecule has 0 aliphatic rings. The van der Waals surface area contributed by atoms with Crippen LogP contribution in [-0.2, 0) is 0 Å². The van der Waals surface area contributed by atoms with Crippen LogP contribution in [0.5, 0.6) is 11.5 Å². The van der Waals surface area contributed by atoms with Crippen molar-refractivity contribution in [1.82, 2.24) is 9.97 Å². The van der Waals surface area contributed by atoms with Gasteiger partial charge in [0.05, 0.1) is 14.2 Å². The maximum atomic E-state index is 12.2. The fourth-order valence-electron chi connectivity index (χ4n) is 1.62. The van der Waals surface area contributed by atoms with E-state index in [-0.39, 0.29) is 22.2 Å². The largest absolute Gasteiger partial charge is 0.493 e. The highest BCUT2D eigenvalue weighted by atomic mass is 35.5. The van der Waals surface area contributed by atoms with E-state index in [9.17, 15) is 4.79 Å². The first-order chi connectivity index (χ1) is 10.0. The summed E-state index contributed by atoms with van der Waals surface area (Å²) in [4.78, 5) is 19.7. The summed E-state index contributed by atoms with van der Waals surface area (Å²) in [6, 6.07) is 6.18. The minimum absolute atomic E-state index is 0.0508. The molecule has 0 saturated heterocycles. The van der Waals surface area contributed by atoms with Gasteiger partial charge in [0.1, 0.15) is 11.0 Å². The van der Waals surface area contributed by atoms with Gasteiger partial charge in [-0.05, 0) is 29.8 Å². The van der Waals surface area contributed by atoms with Crippen molar-refractivity contribution in [1.29, 1.82) is 0 Å². The Morgan fingerprint density at radius 1 is 1.10 bits per heavy atom. The summed E-state index contributed by atoms with van der Waals surface area (Å²) in [5.41, 5.74) is 0.374. The van der Waals surface area contributed by atoms with Gasteiger partial charge in [-0.3, -0.25) is 4.79 Å². The summed E-state index contributed by atoms with van der Waals surface area (Å²) < 4.78 is 10.3. The second kappa shape index (κ2) is 6.60. The van der Waals surface area contributed by atoms with Crippen molar-refractivity contribution in [3.05, 3.63) is 40.3 Å². The first-order valence-electron chi connectivity index (χ1n) is 5.77. The van der Waals surface area contributed by atoms with Crippen molar-refractivity contribution >= 4 is 34.9 Å². The predicted molar refractivity (Wildman–Crippen MR) is 79.6 cm³/mol. The van der Waals surface area contributed by atoms with Crippen molar-refractivity contribution in [2.45, 2.75) is 0 Å². The summed E-state index contributed by atoms with van der Waals surface area (Å²) >= 11 is 11.4. The average Bonchev–Trinajstić information content (AvgIpc) is 2.45. The maximum Gasteiger partial charge on any atom is 0.256 e. The standard InChI is InChI=1S/C13H11Cl2N3O3/c1-20-8-4-3-7(5-9(8)21-2)12(19)17-11-6-10(14)16-13(15)18-11/h3-6H,1-2H3,(H,16,17,18,19). The molecule has 2 aromatic rings. The lowest BCUT2D eigenvalue weighted by Crippen LogP contribution is -2.13. The molecule has 0 spiro atoms. The number of benzene rings is 1. The van der Waals surface area contributed by atoms with E-state index in [0.717, 1.165) is 0 Å². The fraction of sp³-hybridized carbons (Fsp3) is 0.154. The van der Waals surface area contributed by atoms with Crippen LogP contribution in [0.2, 0.25) is 10.4 Å². The van der Waals surface area contributed by atoms with Crippen LogP contribution in [-0.4, -0.2) is 30.1 Å². The number of anilines is 1. The Balaban J connectivity index is 2.24. The first-order valence-corrected chi connectivity index (χ1v) is 6.52. The minimum atomic E-state index is -0.387. The lowest BCUT2D eigenvalue weighted by atomic mass is 10.2. The number of halogens is 2. The van der Waals surface area contributed by atoms with Crippen molar-refractivity contribution in [2.24, 2.45) is 0 Å². The van der Waals surface area contributed by atoms with Crippen LogP contribution in [0.3, 0.4) is 0 Å². The number of methoxy groups -OCH3 is 2. The number of amides is 1. The molecule has 0 radical (unpaired) electrons. The molecule has 2 rings (SSSR count). The number of carbonyl (C=O) groups is 1. The molecular weight excluding hydrogens is 317 g/mol. The third kappa shape index (κ3) is 3.74. The van der Waals surface area contributed by atoms with Gasteiger partial charge >= 0.3 is 0 Å². The normalized spacial score (nSPS) is 10.1. The Labute approximate surface area is 131 Å². The summed E-state index contributed by atoms with van der Waals surface area (Å²) in [6.07, 6.45) is 0. The molecule has 0 aliphatic heterocycles. The van der Waals surface area contributed by atoms with Crippen molar-refractivity contribution < 1.29 is 14.3 Å². The molecule has 0 fully saturated rings. The molecule has 21 heavy (non-hydrogen) atoms. The topological polar surface area (TPSA) is 73.3 Å². The monoisotopic (exact) mass is 327 g/mol. The lowest BCUT2D eigenvalue weighted by Gasteiger charge is -2.09. The number of ether oxygens (including phenoxy) is 2. The molecule has 1 aromatic heterocycles. The lowest BCUT2D eigenvalue weighted by molar-refractivity contribution is 0.102. The Hall–Kier alpha value is -2.05. The molecule has 0 aliphatic carbocycles. The van der Waals surface area contributed by atoms with Gasteiger partial charge in [0.2, 0.25) is 5.28 Å². The zero-order valence-corrected chi connectivity index (χ0v) is 12.7. The second-order valence-corrected chi connectivity index (χ2v) is 4.59. The third-order valence-corrected chi connectivity index (χ3v) is 2.92. The number of nitrogens with zero attached hydrogens (tertiary/aromatic N) is 2. The van der Waals surface area contributed by atoms with Crippen molar-refractivity contribution in [3.8, 4) is 11.5 Å². The Kier molecular flexibility index (Phi) is 4.82. The summed E-state index contributed by atoms with van der Waals surface area (Å²) in [5.74, 6) is 0.799. The van der Waals surface area contributed by atoms with E-state index in [1.165, 1.54) is 20.3 Å². The zero-order chi connectivity index (χ0) is 15.4. The van der Waals surface area contributed by atoms with Crippen molar-refractivity contribution in [3.63, 3.8) is 0 Å². The summed E-state index contributed by atoms with van der Waals surface area (Å²) in [6.45, 7) is 0. The molecule has 8 heteroatoms. The van der Waals surface area contributed by atoms with Gasteiger partial charge in [0, 0.05) is 11.6 Å². The molecule has 1 heterocycles. The van der Waals surface area contributed by atoms with Gasteiger partial charge in [-0.15, -0.1) is 0 Å². The van der Waals surface area contributed by atoms with E-state index in [4.69, 9.17) is 32.7 Å². The van der Waals surface area contributed by atoms with Gasteiger partial charge in [0.25, 0.3) is 5.91 Å². The fourth-order valence-corrected chi connectivity index (χ4v) is 2.03. The van der Waals surface area contributed by atoms with Crippen LogP contribution < -0.4 is 14.8 Å². The molecule has 0 bridgehead atoms. The molecular formula is C13H11Cl2N3O3. The molecule has 110 valence electrons. The van der Waals surface area contributed by atoms with Crippen LogP contribution in [0.25, 0.3) is 0 Å². The van der Waals surface area contributed by atoms with Crippen LogP contribution >= 0.6 is 23.2 Å². The number of hydrogen-bond acceptors (Lipinski definition) is 5. The maximum absolute atomic E-state index is 12.2. The SMILES string of the molecule is COc1ccc(C(=O)Nc2cc(Cl)nc(Cl)n2)cc1OC. The van der Waals surface area contributed by atoms with Crippen LogP contribution in [0.15, 0.2) is 24.3 Å². The van der Waals surface area contributed by atoms with E-state index in [1.807, 2.05) is 0 Å². The van der Waals surface area contributed by atoms with E-state index in [0.29, 0.717) is 17.1 Å². The molecule has 1 amide bonds. The van der Waals surface area contributed by atoms with E-state index in [1.54, 1.807) is 18.2 Å². The quantitative estimate of drug-likeness (QED) is 0.690. The summed E-state index contributed by atoms with van der Waals surface area (Å²) in [7, 11) is 3.01. The highest BCUT2D eigenvalue weighted by molar-refractivity contribution is 6.32. The Morgan fingerprint density at radius 3 is 2.43 bits per heavy atom. The van der Waals surface area contributed by atoms with Crippen LogP contribution in [0.4, 0.5) is 5.82 Å². The van der Waals surface area contributed by atoms with E-state index >= 15 is 0 Å². The van der Waals surface area contributed by atoms with Gasteiger partial charge in [-0.25, -0.2) is 9.97 Å². The predicted octanol–water partition coefficient (Wildman–Crippen LogP) is 3.05. The second-order valence-electron chi connectivity index (χ2n) is 3.87. The van der Waals surface area contributed by atoms with Gasteiger partial charge in [-0.1, -0.05) is 11.6 Å². The number of aromatic nitrogens is 2. The molecule has 0 unspecified atom stereocenters. The van der Waals surface area contributed by atoms with E-state index < -0.39 is 0 Å². The van der Waals surface area contributed by atoms with Gasteiger partial charge in [0.15, 0.2) is 11.5 Å². The molecule has 0 atom stereocenters. The number of nitrogens with one attached hydrogen (secondary N) is 1. The van der Waals surface area contributed by atoms with Crippen LogP contribution in [0, 0.1) is 0 Å². The zero-order valence-electron chi connectivity index (χ0n) is 11.2. The average molecular weight is 328 g/mol. The molecule has 6 nitrogen and oxygen atoms in total. The van der Waals surface area contributed by atoms with Crippen molar-refractivity contribution in [2.75, 3.05) is 19.5 Å². The van der Waals surface area contributed by atoms with Gasteiger partial charge in [-0.2, -0.15) is 0 Å².